The molecule has 0 amide bonds. The van der Waals surface area contributed by atoms with Crippen molar-refractivity contribution in [2.45, 2.75) is 6.92 Å². The zero-order valence-corrected chi connectivity index (χ0v) is 10.8. The molecule has 1 aromatic heterocycles. The van der Waals surface area contributed by atoms with Crippen LogP contribution < -0.4 is 0 Å². The summed E-state index contributed by atoms with van der Waals surface area (Å²) in [6.45, 7) is 2.07. The van der Waals surface area contributed by atoms with Crippen molar-refractivity contribution in [1.29, 1.82) is 0 Å². The average molecular weight is 252 g/mol. The molecule has 0 aliphatic carbocycles. The molecule has 88 valence electrons. The lowest BCUT2D eigenvalue weighted by molar-refractivity contribution is 0.104. The lowest BCUT2D eigenvalue weighted by Gasteiger charge is -2.07. The summed E-state index contributed by atoms with van der Waals surface area (Å²) in [5, 5.41) is 6.02. The summed E-state index contributed by atoms with van der Waals surface area (Å²) in [7, 11) is 0. The molecule has 1 nitrogen and oxygen atoms in total. The number of ketones is 1. The minimum Gasteiger partial charge on any atom is -0.289 e. The fourth-order valence-corrected chi connectivity index (χ4v) is 2.83. The largest absolute Gasteiger partial charge is 0.289 e. The molecule has 0 bridgehead atoms. The van der Waals surface area contributed by atoms with Gasteiger partial charge in [0.15, 0.2) is 5.78 Å². The van der Waals surface area contributed by atoms with Crippen LogP contribution in [0.4, 0.5) is 0 Å². The maximum absolute atomic E-state index is 12.4. The molecule has 3 rings (SSSR count). The predicted molar refractivity (Wildman–Crippen MR) is 76.4 cm³/mol. The van der Waals surface area contributed by atoms with Crippen LogP contribution in [-0.4, -0.2) is 5.78 Å². The number of fused-ring (bicyclic) bond motifs is 1. The van der Waals surface area contributed by atoms with Crippen LogP contribution in [0.15, 0.2) is 53.2 Å². The molecule has 0 N–H and O–H groups in total. The van der Waals surface area contributed by atoms with E-state index in [0.29, 0.717) is 0 Å². The van der Waals surface area contributed by atoms with E-state index in [9.17, 15) is 4.79 Å². The molecule has 0 radical (unpaired) electrons. The van der Waals surface area contributed by atoms with E-state index in [1.165, 1.54) is 5.56 Å². The van der Waals surface area contributed by atoms with E-state index in [2.05, 4.69) is 13.0 Å². The van der Waals surface area contributed by atoms with Gasteiger partial charge >= 0.3 is 0 Å². The van der Waals surface area contributed by atoms with Gasteiger partial charge in [0.25, 0.3) is 0 Å². The van der Waals surface area contributed by atoms with Gasteiger partial charge in [-0.3, -0.25) is 4.79 Å². The fraction of sp³-hybridized carbons (Fsp3) is 0.0625. The first-order chi connectivity index (χ1) is 8.77. The lowest BCUT2D eigenvalue weighted by atomic mass is 9.96. The van der Waals surface area contributed by atoms with Crippen molar-refractivity contribution in [3.05, 3.63) is 69.9 Å². The molecule has 2 aromatic carbocycles. The first-order valence-corrected chi connectivity index (χ1v) is 6.77. The Morgan fingerprint density at radius 2 is 1.78 bits per heavy atom. The molecular formula is C16H12OS. The standard InChI is InChI=1S/C16H12OS/c1-11-6-7-15(14-5-3-2-4-13(11)14)16(17)12-8-9-18-10-12/h2-10H,1H3. The highest BCUT2D eigenvalue weighted by atomic mass is 32.1. The lowest BCUT2D eigenvalue weighted by Crippen LogP contribution is -2.01. The van der Waals surface area contributed by atoms with Gasteiger partial charge in [-0.05, 0) is 34.7 Å². The van der Waals surface area contributed by atoms with Crippen LogP contribution in [0.3, 0.4) is 0 Å². The Balaban J connectivity index is 2.25. The van der Waals surface area contributed by atoms with Crippen molar-refractivity contribution < 1.29 is 4.79 Å². The number of aryl methyl sites for hydroxylation is 1. The number of benzene rings is 2. The molecule has 1 heterocycles. The average Bonchev–Trinajstić information content (AvgIpc) is 2.93. The third-order valence-corrected chi connectivity index (χ3v) is 3.85. The van der Waals surface area contributed by atoms with Crippen molar-refractivity contribution in [2.24, 2.45) is 0 Å². The zero-order chi connectivity index (χ0) is 12.5. The van der Waals surface area contributed by atoms with Gasteiger partial charge in [0.1, 0.15) is 0 Å². The first kappa shape index (κ1) is 11.2. The van der Waals surface area contributed by atoms with Crippen molar-refractivity contribution in [1.82, 2.24) is 0 Å². The summed E-state index contributed by atoms with van der Waals surface area (Å²) < 4.78 is 0. The van der Waals surface area contributed by atoms with E-state index >= 15 is 0 Å². The Labute approximate surface area is 110 Å². The van der Waals surface area contributed by atoms with E-state index in [4.69, 9.17) is 0 Å². The third kappa shape index (κ3) is 1.75. The normalized spacial score (nSPS) is 10.7. The molecule has 0 aliphatic heterocycles. The number of hydrogen-bond acceptors (Lipinski definition) is 2. The van der Waals surface area contributed by atoms with Crippen LogP contribution in [0.5, 0.6) is 0 Å². The molecular weight excluding hydrogens is 240 g/mol. The Morgan fingerprint density at radius 3 is 2.50 bits per heavy atom. The third-order valence-electron chi connectivity index (χ3n) is 3.17. The number of hydrogen-bond donors (Lipinski definition) is 0. The Hall–Kier alpha value is -1.93. The molecule has 0 fully saturated rings. The van der Waals surface area contributed by atoms with Crippen LogP contribution in [0, 0.1) is 6.92 Å². The van der Waals surface area contributed by atoms with Crippen LogP contribution in [0.2, 0.25) is 0 Å². The second-order valence-corrected chi connectivity index (χ2v) is 5.10. The predicted octanol–water partition coefficient (Wildman–Crippen LogP) is 4.44. The van der Waals surface area contributed by atoms with Gasteiger partial charge in [0.05, 0.1) is 0 Å². The van der Waals surface area contributed by atoms with Gasteiger partial charge in [0.2, 0.25) is 0 Å². The van der Waals surface area contributed by atoms with Gasteiger partial charge in [0, 0.05) is 16.5 Å². The highest BCUT2D eigenvalue weighted by Gasteiger charge is 2.13. The van der Waals surface area contributed by atoms with Crippen molar-refractivity contribution in [2.75, 3.05) is 0 Å². The summed E-state index contributed by atoms with van der Waals surface area (Å²) in [6.07, 6.45) is 0. The molecule has 18 heavy (non-hydrogen) atoms. The Morgan fingerprint density at radius 1 is 1.00 bits per heavy atom. The summed E-state index contributed by atoms with van der Waals surface area (Å²) in [5.41, 5.74) is 2.76. The minimum absolute atomic E-state index is 0.104. The molecule has 3 aromatic rings. The van der Waals surface area contributed by atoms with E-state index < -0.39 is 0 Å². The van der Waals surface area contributed by atoms with Gasteiger partial charge in [-0.1, -0.05) is 36.4 Å². The maximum Gasteiger partial charge on any atom is 0.194 e. The second-order valence-electron chi connectivity index (χ2n) is 4.32. The van der Waals surface area contributed by atoms with Crippen LogP contribution in [-0.2, 0) is 0 Å². The van der Waals surface area contributed by atoms with E-state index in [-0.39, 0.29) is 5.78 Å². The smallest absolute Gasteiger partial charge is 0.194 e. The summed E-state index contributed by atoms with van der Waals surface area (Å²) in [6, 6.07) is 13.9. The topological polar surface area (TPSA) is 17.1 Å². The number of carbonyl (C=O) groups excluding carboxylic acids is 1. The summed E-state index contributed by atoms with van der Waals surface area (Å²) in [4.78, 5) is 12.4. The van der Waals surface area contributed by atoms with Crippen LogP contribution >= 0.6 is 11.3 Å². The SMILES string of the molecule is Cc1ccc(C(=O)c2ccsc2)c2ccccc12. The highest BCUT2D eigenvalue weighted by molar-refractivity contribution is 7.08. The number of rotatable bonds is 2. The molecule has 2 heteroatoms. The zero-order valence-electron chi connectivity index (χ0n) is 10.0. The second kappa shape index (κ2) is 4.39. The minimum atomic E-state index is 0.104. The maximum atomic E-state index is 12.4. The van der Waals surface area contributed by atoms with Gasteiger partial charge in [-0.15, -0.1) is 0 Å². The van der Waals surface area contributed by atoms with E-state index in [0.717, 1.165) is 21.9 Å². The highest BCUT2D eigenvalue weighted by Crippen LogP contribution is 2.25. The van der Waals surface area contributed by atoms with Gasteiger partial charge in [-0.25, -0.2) is 0 Å². The van der Waals surface area contributed by atoms with Crippen LogP contribution in [0.1, 0.15) is 21.5 Å². The summed E-state index contributed by atoms with van der Waals surface area (Å²) >= 11 is 1.55. The Bertz CT molecular complexity index is 711. The monoisotopic (exact) mass is 252 g/mol. The Kier molecular flexibility index (Phi) is 2.73. The molecule has 0 saturated heterocycles. The van der Waals surface area contributed by atoms with E-state index in [1.54, 1.807) is 11.3 Å². The molecule has 0 saturated carbocycles. The molecule has 0 unspecified atom stereocenters. The molecule has 0 spiro atoms. The first-order valence-electron chi connectivity index (χ1n) is 5.82. The van der Waals surface area contributed by atoms with Gasteiger partial charge in [-0.2, -0.15) is 11.3 Å². The van der Waals surface area contributed by atoms with Crippen molar-refractivity contribution in [3.63, 3.8) is 0 Å². The van der Waals surface area contributed by atoms with Crippen molar-refractivity contribution in [3.8, 4) is 0 Å². The number of thiophene rings is 1. The van der Waals surface area contributed by atoms with Crippen LogP contribution in [0.25, 0.3) is 10.8 Å². The quantitative estimate of drug-likeness (QED) is 0.616. The van der Waals surface area contributed by atoms with Crippen molar-refractivity contribution >= 4 is 27.9 Å². The summed E-state index contributed by atoms with van der Waals surface area (Å²) in [5.74, 6) is 0.104. The van der Waals surface area contributed by atoms with E-state index in [1.807, 2.05) is 47.2 Å². The molecule has 0 aliphatic rings. The molecule has 0 atom stereocenters. The van der Waals surface area contributed by atoms with Gasteiger partial charge < -0.3 is 0 Å². The fourth-order valence-electron chi connectivity index (χ4n) is 2.20. The number of carbonyl (C=O) groups is 1.